The third-order valence-corrected chi connectivity index (χ3v) is 6.48. The van der Waals surface area contributed by atoms with E-state index in [2.05, 4.69) is 5.32 Å². The molecule has 30 heavy (non-hydrogen) atoms. The van der Waals surface area contributed by atoms with Gasteiger partial charge in [0.1, 0.15) is 10.6 Å². The molecule has 1 aliphatic carbocycles. The molecule has 1 N–H and O–H groups in total. The summed E-state index contributed by atoms with van der Waals surface area (Å²) in [4.78, 5) is 37.2. The number of thiophene rings is 1. The van der Waals surface area contributed by atoms with Gasteiger partial charge in [-0.25, -0.2) is 4.79 Å². The Labute approximate surface area is 180 Å². The highest BCUT2D eigenvalue weighted by atomic mass is 32.1. The van der Waals surface area contributed by atoms with Gasteiger partial charge in [-0.1, -0.05) is 36.6 Å². The molecule has 0 aliphatic heterocycles. The molecule has 1 amide bonds. The fourth-order valence-corrected chi connectivity index (χ4v) is 5.05. The number of carbonyl (C=O) groups excluding carboxylic acids is 3. The van der Waals surface area contributed by atoms with Gasteiger partial charge >= 0.3 is 5.97 Å². The molecule has 3 rings (SSSR count). The molecule has 0 saturated heterocycles. The van der Waals surface area contributed by atoms with Gasteiger partial charge in [0.05, 0.1) is 6.61 Å². The van der Waals surface area contributed by atoms with E-state index in [-0.39, 0.29) is 12.5 Å². The summed E-state index contributed by atoms with van der Waals surface area (Å²) in [6.07, 6.45) is 2.50. The largest absolute Gasteiger partial charge is 0.550 e. The molecule has 6 nitrogen and oxygen atoms in total. The number of hydrogen-bond donors (Lipinski definition) is 1. The molecule has 7 heteroatoms. The van der Waals surface area contributed by atoms with Crippen molar-refractivity contribution in [1.29, 1.82) is 0 Å². The molecule has 0 radical (unpaired) electrons. The number of hydrogen-bond acceptors (Lipinski definition) is 6. The van der Waals surface area contributed by atoms with E-state index in [1.165, 1.54) is 11.3 Å². The van der Waals surface area contributed by atoms with E-state index < -0.39 is 23.8 Å². The Morgan fingerprint density at radius 3 is 2.47 bits per heavy atom. The monoisotopic (exact) mass is 428 g/mol. The highest BCUT2D eigenvalue weighted by Crippen LogP contribution is 2.39. The molecule has 0 bridgehead atoms. The molecule has 0 unspecified atom stereocenters. The van der Waals surface area contributed by atoms with Crippen molar-refractivity contribution < 1.29 is 24.2 Å². The average molecular weight is 429 g/mol. The molecule has 2 atom stereocenters. The molecular weight excluding hydrogens is 402 g/mol. The van der Waals surface area contributed by atoms with Gasteiger partial charge in [-0.2, -0.15) is 0 Å². The molecule has 1 aromatic heterocycles. The molecule has 1 saturated carbocycles. The summed E-state index contributed by atoms with van der Waals surface area (Å²) >= 11 is 1.24. The molecule has 160 valence electrons. The van der Waals surface area contributed by atoms with Gasteiger partial charge in [-0.05, 0) is 44.7 Å². The SMILES string of the molecule is CCOC(=O)c1c(-c2ccc(C)cc2C)csc1NC(=O)[C@@H]1CCCC[C@@H]1C(=O)[O-]. The van der Waals surface area contributed by atoms with Crippen LogP contribution in [0.4, 0.5) is 5.00 Å². The summed E-state index contributed by atoms with van der Waals surface area (Å²) in [5, 5.41) is 16.5. The van der Waals surface area contributed by atoms with Crippen molar-refractivity contribution in [1.82, 2.24) is 0 Å². The molecule has 1 heterocycles. The Hall–Kier alpha value is -2.67. The number of amides is 1. The number of carbonyl (C=O) groups is 3. The average Bonchev–Trinajstić information content (AvgIpc) is 3.11. The number of esters is 1. The number of nitrogens with one attached hydrogen (secondary N) is 1. The fourth-order valence-electron chi connectivity index (χ4n) is 4.10. The second kappa shape index (κ2) is 9.43. The molecule has 2 aromatic rings. The lowest BCUT2D eigenvalue weighted by Gasteiger charge is -2.31. The minimum atomic E-state index is -1.19. The van der Waals surface area contributed by atoms with Crippen LogP contribution in [-0.2, 0) is 14.3 Å². The predicted octanol–water partition coefficient (Wildman–Crippen LogP) is 3.70. The van der Waals surface area contributed by atoms with Crippen LogP contribution in [0.5, 0.6) is 0 Å². The highest BCUT2D eigenvalue weighted by Gasteiger charge is 2.33. The van der Waals surface area contributed by atoms with E-state index in [4.69, 9.17) is 4.74 Å². The molecule has 1 aliphatic rings. The van der Waals surface area contributed by atoms with E-state index in [9.17, 15) is 19.5 Å². The van der Waals surface area contributed by atoms with Crippen molar-refractivity contribution in [2.75, 3.05) is 11.9 Å². The lowest BCUT2D eigenvalue weighted by Crippen LogP contribution is -2.42. The summed E-state index contributed by atoms with van der Waals surface area (Å²) in [6.45, 7) is 5.91. The van der Waals surface area contributed by atoms with Crippen molar-refractivity contribution in [3.63, 3.8) is 0 Å². The topological polar surface area (TPSA) is 95.5 Å². The second-order valence-electron chi connectivity index (χ2n) is 7.70. The summed E-state index contributed by atoms with van der Waals surface area (Å²) in [6, 6.07) is 5.96. The van der Waals surface area contributed by atoms with E-state index in [1.807, 2.05) is 37.4 Å². The van der Waals surface area contributed by atoms with Crippen LogP contribution in [0.1, 0.15) is 54.1 Å². The smallest absolute Gasteiger partial charge is 0.341 e. The number of aryl methyl sites for hydroxylation is 2. The van der Waals surface area contributed by atoms with Crippen LogP contribution < -0.4 is 10.4 Å². The van der Waals surface area contributed by atoms with E-state index >= 15 is 0 Å². The number of carboxylic acids is 1. The van der Waals surface area contributed by atoms with Gasteiger partial charge in [0, 0.05) is 28.7 Å². The highest BCUT2D eigenvalue weighted by molar-refractivity contribution is 7.15. The van der Waals surface area contributed by atoms with E-state index in [0.29, 0.717) is 29.0 Å². The zero-order chi connectivity index (χ0) is 21.8. The first-order valence-corrected chi connectivity index (χ1v) is 11.1. The minimum Gasteiger partial charge on any atom is -0.550 e. The van der Waals surface area contributed by atoms with Crippen molar-refractivity contribution in [3.8, 4) is 11.1 Å². The number of benzene rings is 1. The van der Waals surface area contributed by atoms with Crippen molar-refractivity contribution in [2.24, 2.45) is 11.8 Å². The molecule has 0 spiro atoms. The summed E-state index contributed by atoms with van der Waals surface area (Å²) in [7, 11) is 0. The number of rotatable bonds is 6. The molecule has 1 fully saturated rings. The van der Waals surface area contributed by atoms with Crippen LogP contribution in [0.15, 0.2) is 23.6 Å². The number of anilines is 1. The Bertz CT molecular complexity index is 964. The van der Waals surface area contributed by atoms with Crippen molar-refractivity contribution in [2.45, 2.75) is 46.5 Å². The maximum atomic E-state index is 12.9. The van der Waals surface area contributed by atoms with E-state index in [1.54, 1.807) is 6.92 Å². The summed E-state index contributed by atoms with van der Waals surface area (Å²) in [5.74, 6) is -3.55. The van der Waals surface area contributed by atoms with Gasteiger partial charge in [0.25, 0.3) is 0 Å². The van der Waals surface area contributed by atoms with Crippen LogP contribution in [0, 0.1) is 25.7 Å². The van der Waals surface area contributed by atoms with Gasteiger partial charge in [-0.3, -0.25) is 4.79 Å². The first-order chi connectivity index (χ1) is 14.3. The van der Waals surface area contributed by atoms with Crippen LogP contribution >= 0.6 is 11.3 Å². The fraction of sp³-hybridized carbons (Fsp3) is 0.435. The number of carboxylic acid groups (broad SMARTS) is 1. The Balaban J connectivity index is 1.96. The van der Waals surface area contributed by atoms with Crippen molar-refractivity contribution >= 4 is 34.2 Å². The third kappa shape index (κ3) is 4.56. The lowest BCUT2D eigenvalue weighted by molar-refractivity contribution is -0.313. The molecule has 1 aromatic carbocycles. The zero-order valence-corrected chi connectivity index (χ0v) is 18.3. The van der Waals surface area contributed by atoms with Crippen LogP contribution in [0.2, 0.25) is 0 Å². The van der Waals surface area contributed by atoms with Crippen LogP contribution in [0.25, 0.3) is 11.1 Å². The maximum absolute atomic E-state index is 12.9. The van der Waals surface area contributed by atoms with Gasteiger partial charge < -0.3 is 20.0 Å². The zero-order valence-electron chi connectivity index (χ0n) is 17.4. The van der Waals surface area contributed by atoms with Gasteiger partial charge in [0.15, 0.2) is 0 Å². The van der Waals surface area contributed by atoms with Crippen molar-refractivity contribution in [3.05, 3.63) is 40.3 Å². The first kappa shape index (κ1) is 22.0. The predicted molar refractivity (Wildman–Crippen MR) is 114 cm³/mol. The lowest BCUT2D eigenvalue weighted by atomic mass is 9.78. The minimum absolute atomic E-state index is 0.212. The Morgan fingerprint density at radius 2 is 1.83 bits per heavy atom. The first-order valence-electron chi connectivity index (χ1n) is 10.2. The second-order valence-corrected chi connectivity index (χ2v) is 8.58. The summed E-state index contributed by atoms with van der Waals surface area (Å²) < 4.78 is 5.25. The normalized spacial score (nSPS) is 18.6. The van der Waals surface area contributed by atoms with Crippen LogP contribution in [-0.4, -0.2) is 24.5 Å². The maximum Gasteiger partial charge on any atom is 0.341 e. The van der Waals surface area contributed by atoms with Gasteiger partial charge in [-0.15, -0.1) is 11.3 Å². The van der Waals surface area contributed by atoms with Crippen LogP contribution in [0.3, 0.4) is 0 Å². The third-order valence-electron chi connectivity index (χ3n) is 5.58. The standard InChI is InChI=1S/C23H27NO5S/c1-4-29-23(28)19-18(15-10-9-13(2)11-14(15)3)12-30-21(19)24-20(25)16-7-5-6-8-17(16)22(26)27/h9-12,16-17H,4-8H2,1-3H3,(H,24,25)(H,26,27)/p-1/t16-,17+/m1/s1. The van der Waals surface area contributed by atoms with Gasteiger partial charge in [0.2, 0.25) is 5.91 Å². The quantitative estimate of drug-likeness (QED) is 0.708. The Morgan fingerprint density at radius 1 is 1.13 bits per heavy atom. The summed E-state index contributed by atoms with van der Waals surface area (Å²) in [5.41, 5.74) is 4.03. The molecular formula is C23H26NO5S-. The Kier molecular flexibility index (Phi) is 6.92. The number of aliphatic carboxylic acids is 1. The number of ether oxygens (including phenoxy) is 1. The van der Waals surface area contributed by atoms with E-state index in [0.717, 1.165) is 29.5 Å².